The first-order chi connectivity index (χ1) is 7.75. The van der Waals surface area contributed by atoms with Crippen LogP contribution in [0.1, 0.15) is 19.3 Å². The molecule has 0 radical (unpaired) electrons. The van der Waals surface area contributed by atoms with Gasteiger partial charge in [-0.3, -0.25) is 4.79 Å². The van der Waals surface area contributed by atoms with E-state index in [1.54, 1.807) is 0 Å². The maximum atomic E-state index is 11.7. The number of hydrogen-bond donors (Lipinski definition) is 3. The van der Waals surface area contributed by atoms with Crippen molar-refractivity contribution in [2.45, 2.75) is 31.4 Å². The summed E-state index contributed by atoms with van der Waals surface area (Å²) in [5.74, 6) is 0.562. The summed E-state index contributed by atoms with van der Waals surface area (Å²) in [7, 11) is 0. The van der Waals surface area contributed by atoms with Gasteiger partial charge in [0.15, 0.2) is 0 Å². The number of hydrogen-bond acceptors (Lipinski definition) is 4. The first-order valence-corrected chi connectivity index (χ1v) is 6.02. The predicted molar refractivity (Wildman–Crippen MR) is 59.0 cm³/mol. The van der Waals surface area contributed by atoms with Crippen LogP contribution in [0.3, 0.4) is 0 Å². The molecule has 5 nitrogen and oxygen atoms in total. The highest BCUT2D eigenvalue weighted by Gasteiger charge is 2.28. The van der Waals surface area contributed by atoms with Crippen molar-refractivity contribution in [3.63, 3.8) is 0 Å². The van der Waals surface area contributed by atoms with E-state index < -0.39 is 0 Å². The third kappa shape index (κ3) is 3.17. The molecule has 2 unspecified atom stereocenters. The van der Waals surface area contributed by atoms with Crippen molar-refractivity contribution in [2.24, 2.45) is 5.92 Å². The van der Waals surface area contributed by atoms with Crippen molar-refractivity contribution in [2.75, 3.05) is 26.3 Å². The van der Waals surface area contributed by atoms with Gasteiger partial charge in [-0.25, -0.2) is 0 Å². The van der Waals surface area contributed by atoms with Gasteiger partial charge in [0.2, 0.25) is 5.91 Å². The minimum absolute atomic E-state index is 0.0167. The number of amides is 1. The Morgan fingerprint density at radius 2 is 2.19 bits per heavy atom. The zero-order chi connectivity index (χ0) is 11.4. The molecule has 2 heterocycles. The van der Waals surface area contributed by atoms with Crippen molar-refractivity contribution in [1.82, 2.24) is 10.6 Å². The fourth-order valence-electron chi connectivity index (χ4n) is 2.24. The predicted octanol–water partition coefficient (Wildman–Crippen LogP) is -0.748. The minimum Gasteiger partial charge on any atom is -0.392 e. The molecule has 0 aromatic carbocycles. The highest BCUT2D eigenvalue weighted by molar-refractivity contribution is 5.82. The van der Waals surface area contributed by atoms with Crippen molar-refractivity contribution in [3.8, 4) is 0 Å². The summed E-state index contributed by atoms with van der Waals surface area (Å²) in [5, 5.41) is 15.3. The van der Waals surface area contributed by atoms with Crippen LogP contribution in [0.2, 0.25) is 0 Å². The first kappa shape index (κ1) is 11.8. The third-order valence-corrected chi connectivity index (χ3v) is 3.33. The standard InChI is InChI=1S/C11H20N2O3/c14-9-5-10(12-7-9)11(15)13-6-8-1-3-16-4-2-8/h8-10,12,14H,1-7H2,(H,13,15). The van der Waals surface area contributed by atoms with E-state index in [4.69, 9.17) is 4.74 Å². The van der Waals surface area contributed by atoms with Gasteiger partial charge >= 0.3 is 0 Å². The highest BCUT2D eigenvalue weighted by Crippen LogP contribution is 2.13. The topological polar surface area (TPSA) is 70.6 Å². The van der Waals surface area contributed by atoms with Crippen LogP contribution in [0.25, 0.3) is 0 Å². The minimum atomic E-state index is -0.376. The van der Waals surface area contributed by atoms with Crippen LogP contribution in [0.15, 0.2) is 0 Å². The summed E-state index contributed by atoms with van der Waals surface area (Å²) >= 11 is 0. The Balaban J connectivity index is 1.67. The zero-order valence-corrected chi connectivity index (χ0v) is 9.45. The lowest BCUT2D eigenvalue weighted by atomic mass is 10.0. The Morgan fingerprint density at radius 1 is 1.44 bits per heavy atom. The first-order valence-electron chi connectivity index (χ1n) is 6.02. The SMILES string of the molecule is O=C(NCC1CCOCC1)C1CC(O)CN1. The monoisotopic (exact) mass is 228 g/mol. The van der Waals surface area contributed by atoms with E-state index >= 15 is 0 Å². The molecule has 0 bridgehead atoms. The molecule has 5 heteroatoms. The maximum Gasteiger partial charge on any atom is 0.237 e. The number of rotatable bonds is 3. The van der Waals surface area contributed by atoms with Gasteiger partial charge in [0.1, 0.15) is 0 Å². The van der Waals surface area contributed by atoms with Gasteiger partial charge in [-0.1, -0.05) is 0 Å². The fourth-order valence-corrected chi connectivity index (χ4v) is 2.24. The molecule has 0 spiro atoms. The molecule has 0 aromatic heterocycles. The molecule has 2 fully saturated rings. The van der Waals surface area contributed by atoms with Gasteiger partial charge in [-0.15, -0.1) is 0 Å². The Hall–Kier alpha value is -0.650. The van der Waals surface area contributed by atoms with Crippen LogP contribution in [0, 0.1) is 5.92 Å². The van der Waals surface area contributed by atoms with Gasteiger partial charge in [-0.05, 0) is 25.2 Å². The van der Waals surface area contributed by atoms with E-state index in [1.165, 1.54) is 0 Å². The van der Waals surface area contributed by atoms with Crippen molar-refractivity contribution < 1.29 is 14.6 Å². The molecule has 0 aromatic rings. The molecule has 2 saturated heterocycles. The number of nitrogens with one attached hydrogen (secondary N) is 2. The molecular weight excluding hydrogens is 208 g/mol. The Labute approximate surface area is 95.5 Å². The lowest BCUT2D eigenvalue weighted by Gasteiger charge is -2.22. The largest absolute Gasteiger partial charge is 0.392 e. The molecule has 0 aliphatic carbocycles. The van der Waals surface area contributed by atoms with Crippen LogP contribution < -0.4 is 10.6 Å². The van der Waals surface area contributed by atoms with Gasteiger partial charge in [0.25, 0.3) is 0 Å². The molecule has 2 atom stereocenters. The molecule has 2 aliphatic rings. The third-order valence-electron chi connectivity index (χ3n) is 3.33. The van der Waals surface area contributed by atoms with Gasteiger partial charge in [-0.2, -0.15) is 0 Å². The quantitative estimate of drug-likeness (QED) is 0.594. The van der Waals surface area contributed by atoms with Gasteiger partial charge in [0.05, 0.1) is 12.1 Å². The molecule has 2 aliphatic heterocycles. The molecule has 0 saturated carbocycles. The lowest BCUT2D eigenvalue weighted by molar-refractivity contribution is -0.123. The lowest BCUT2D eigenvalue weighted by Crippen LogP contribution is -2.42. The second-order valence-electron chi connectivity index (χ2n) is 4.65. The Morgan fingerprint density at radius 3 is 2.81 bits per heavy atom. The molecule has 3 N–H and O–H groups in total. The second-order valence-corrected chi connectivity index (χ2v) is 4.65. The smallest absolute Gasteiger partial charge is 0.237 e. The van der Waals surface area contributed by atoms with E-state index in [-0.39, 0.29) is 18.1 Å². The molecule has 1 amide bonds. The average Bonchev–Trinajstić information content (AvgIpc) is 2.74. The number of carbonyl (C=O) groups is 1. The molecule has 92 valence electrons. The fraction of sp³-hybridized carbons (Fsp3) is 0.909. The van der Waals surface area contributed by atoms with E-state index in [0.717, 1.165) is 32.6 Å². The molecular formula is C11H20N2O3. The van der Waals surface area contributed by atoms with Crippen molar-refractivity contribution in [3.05, 3.63) is 0 Å². The van der Waals surface area contributed by atoms with Gasteiger partial charge < -0.3 is 20.5 Å². The van der Waals surface area contributed by atoms with Crippen molar-refractivity contribution in [1.29, 1.82) is 0 Å². The molecule has 16 heavy (non-hydrogen) atoms. The van der Waals surface area contributed by atoms with Crippen LogP contribution in [0.5, 0.6) is 0 Å². The Kier molecular flexibility index (Phi) is 4.15. The van der Waals surface area contributed by atoms with E-state index in [9.17, 15) is 9.90 Å². The number of aliphatic hydroxyl groups is 1. The summed E-state index contributed by atoms with van der Waals surface area (Å²) < 4.78 is 5.26. The summed E-state index contributed by atoms with van der Waals surface area (Å²) in [6.45, 7) is 2.87. The van der Waals surface area contributed by atoms with E-state index in [0.29, 0.717) is 18.9 Å². The molecule has 2 rings (SSSR count). The highest BCUT2D eigenvalue weighted by atomic mass is 16.5. The van der Waals surface area contributed by atoms with Crippen LogP contribution in [-0.2, 0) is 9.53 Å². The van der Waals surface area contributed by atoms with Crippen LogP contribution in [0.4, 0.5) is 0 Å². The number of carbonyl (C=O) groups excluding carboxylic acids is 1. The van der Waals surface area contributed by atoms with E-state index in [1.807, 2.05) is 0 Å². The Bertz CT molecular complexity index is 241. The summed E-state index contributed by atoms with van der Waals surface area (Å²) in [5.41, 5.74) is 0. The average molecular weight is 228 g/mol. The maximum absolute atomic E-state index is 11.7. The summed E-state index contributed by atoms with van der Waals surface area (Å²) in [6.07, 6.45) is 2.21. The second kappa shape index (κ2) is 5.61. The summed E-state index contributed by atoms with van der Waals surface area (Å²) in [6, 6.07) is -0.213. The van der Waals surface area contributed by atoms with Gasteiger partial charge in [0, 0.05) is 26.3 Å². The zero-order valence-electron chi connectivity index (χ0n) is 9.45. The number of aliphatic hydroxyl groups excluding tert-OH is 1. The normalized spacial score (nSPS) is 31.6. The van der Waals surface area contributed by atoms with E-state index in [2.05, 4.69) is 10.6 Å². The number of ether oxygens (including phenoxy) is 1. The van der Waals surface area contributed by atoms with Crippen molar-refractivity contribution >= 4 is 5.91 Å². The van der Waals surface area contributed by atoms with Crippen LogP contribution in [-0.4, -0.2) is 49.5 Å². The van der Waals surface area contributed by atoms with Crippen LogP contribution >= 0.6 is 0 Å². The number of β-amino-alcohol motifs (C(OH)–C–C–N with tert-alkyl or cyclic N) is 1. The summed E-state index contributed by atoms with van der Waals surface area (Å²) in [4.78, 5) is 11.7.